The number of primary amides is 1. The van der Waals surface area contributed by atoms with Crippen LogP contribution in [0.2, 0.25) is 0 Å². The Morgan fingerprint density at radius 1 is 1.41 bits per heavy atom. The molecule has 0 saturated carbocycles. The molecule has 1 heterocycles. The molecule has 92 valence electrons. The smallest absolute Gasteiger partial charge is 0.253 e. The van der Waals surface area contributed by atoms with Gasteiger partial charge in [-0.25, -0.2) is 0 Å². The highest BCUT2D eigenvalue weighted by atomic mass is 79.9. The van der Waals surface area contributed by atoms with Crippen molar-refractivity contribution in [3.8, 4) is 5.75 Å². The first kappa shape index (κ1) is 12.4. The fourth-order valence-electron chi connectivity index (χ4n) is 1.93. The van der Waals surface area contributed by atoms with Crippen molar-refractivity contribution in [2.75, 3.05) is 13.1 Å². The molecule has 1 aromatic carbocycles. The van der Waals surface area contributed by atoms with Crippen molar-refractivity contribution in [3.05, 3.63) is 28.2 Å². The molecule has 0 bridgehead atoms. The van der Waals surface area contributed by atoms with E-state index in [1.165, 1.54) is 0 Å². The average Bonchev–Trinajstić information content (AvgIpc) is 2.30. The molecule has 1 amide bonds. The molecule has 1 aliphatic heterocycles. The SMILES string of the molecule is NC(=O)c1c(Br)cccc1OC1CCNCC1. The molecule has 1 saturated heterocycles. The van der Waals surface area contributed by atoms with E-state index in [4.69, 9.17) is 10.5 Å². The summed E-state index contributed by atoms with van der Waals surface area (Å²) in [5.74, 6) is 0.0974. The summed E-state index contributed by atoms with van der Waals surface area (Å²) in [4.78, 5) is 11.4. The maximum atomic E-state index is 11.4. The lowest BCUT2D eigenvalue weighted by molar-refractivity contribution is 0.0988. The van der Waals surface area contributed by atoms with Gasteiger partial charge in [0.2, 0.25) is 0 Å². The maximum absolute atomic E-state index is 11.4. The summed E-state index contributed by atoms with van der Waals surface area (Å²) < 4.78 is 6.53. The van der Waals surface area contributed by atoms with E-state index < -0.39 is 5.91 Å². The van der Waals surface area contributed by atoms with Gasteiger partial charge in [0.15, 0.2) is 0 Å². The van der Waals surface area contributed by atoms with Crippen molar-refractivity contribution < 1.29 is 9.53 Å². The number of benzene rings is 1. The summed E-state index contributed by atoms with van der Waals surface area (Å²) in [6.07, 6.45) is 2.05. The number of ether oxygens (including phenoxy) is 1. The molecule has 5 heteroatoms. The zero-order chi connectivity index (χ0) is 12.3. The number of halogens is 1. The van der Waals surface area contributed by atoms with Crippen LogP contribution in [0.15, 0.2) is 22.7 Å². The fraction of sp³-hybridized carbons (Fsp3) is 0.417. The number of nitrogens with one attached hydrogen (secondary N) is 1. The molecule has 2 rings (SSSR count). The van der Waals surface area contributed by atoms with Crippen LogP contribution in [0.4, 0.5) is 0 Å². The number of rotatable bonds is 3. The molecule has 0 unspecified atom stereocenters. The van der Waals surface area contributed by atoms with Crippen LogP contribution in [0, 0.1) is 0 Å². The third kappa shape index (κ3) is 2.98. The van der Waals surface area contributed by atoms with Gasteiger partial charge < -0.3 is 15.8 Å². The summed E-state index contributed by atoms with van der Waals surface area (Å²) in [5.41, 5.74) is 5.78. The first-order valence-electron chi connectivity index (χ1n) is 5.64. The summed E-state index contributed by atoms with van der Waals surface area (Å²) in [5, 5.41) is 3.27. The van der Waals surface area contributed by atoms with E-state index in [0.29, 0.717) is 15.8 Å². The highest BCUT2D eigenvalue weighted by Gasteiger charge is 2.19. The Hall–Kier alpha value is -1.07. The van der Waals surface area contributed by atoms with Gasteiger partial charge in [0.1, 0.15) is 11.9 Å². The lowest BCUT2D eigenvalue weighted by Gasteiger charge is -2.24. The molecule has 1 aliphatic rings. The predicted octanol–water partition coefficient (Wildman–Crippen LogP) is 1.68. The van der Waals surface area contributed by atoms with E-state index >= 15 is 0 Å². The van der Waals surface area contributed by atoms with Gasteiger partial charge in [0.05, 0.1) is 5.56 Å². The van der Waals surface area contributed by atoms with Crippen molar-refractivity contribution >= 4 is 21.8 Å². The molecule has 0 atom stereocenters. The minimum absolute atomic E-state index is 0.156. The number of nitrogens with two attached hydrogens (primary N) is 1. The zero-order valence-corrected chi connectivity index (χ0v) is 11.0. The third-order valence-corrected chi connectivity index (χ3v) is 3.46. The standard InChI is InChI=1S/C12H15BrN2O2/c13-9-2-1-3-10(11(9)12(14)16)17-8-4-6-15-7-5-8/h1-3,8,15H,4-7H2,(H2,14,16). The fourth-order valence-corrected chi connectivity index (χ4v) is 2.48. The Morgan fingerprint density at radius 2 is 2.12 bits per heavy atom. The van der Waals surface area contributed by atoms with Crippen molar-refractivity contribution in [2.45, 2.75) is 18.9 Å². The summed E-state index contributed by atoms with van der Waals surface area (Å²) >= 11 is 3.32. The van der Waals surface area contributed by atoms with Crippen LogP contribution in [0.25, 0.3) is 0 Å². The van der Waals surface area contributed by atoms with E-state index in [1.54, 1.807) is 12.1 Å². The minimum Gasteiger partial charge on any atom is -0.489 e. The van der Waals surface area contributed by atoms with E-state index in [-0.39, 0.29) is 6.10 Å². The second-order valence-corrected chi connectivity index (χ2v) is 4.90. The molecule has 1 fully saturated rings. The second kappa shape index (κ2) is 5.51. The number of hydrogen-bond donors (Lipinski definition) is 2. The summed E-state index contributed by atoms with van der Waals surface area (Å²) in [7, 11) is 0. The molecule has 1 aromatic rings. The van der Waals surface area contributed by atoms with Crippen molar-refractivity contribution in [1.82, 2.24) is 5.32 Å². The first-order chi connectivity index (χ1) is 8.18. The lowest BCUT2D eigenvalue weighted by atomic mass is 10.1. The van der Waals surface area contributed by atoms with Crippen molar-refractivity contribution in [3.63, 3.8) is 0 Å². The molecule has 4 nitrogen and oxygen atoms in total. The van der Waals surface area contributed by atoms with Crippen molar-refractivity contribution in [1.29, 1.82) is 0 Å². The molecule has 0 radical (unpaired) electrons. The van der Waals surface area contributed by atoms with E-state index in [9.17, 15) is 4.79 Å². The van der Waals surface area contributed by atoms with Crippen LogP contribution in [-0.2, 0) is 0 Å². The highest BCUT2D eigenvalue weighted by Crippen LogP contribution is 2.28. The third-order valence-electron chi connectivity index (χ3n) is 2.80. The van der Waals surface area contributed by atoms with Crippen LogP contribution < -0.4 is 15.8 Å². The van der Waals surface area contributed by atoms with Gasteiger partial charge in [-0.1, -0.05) is 6.07 Å². The van der Waals surface area contributed by atoms with Crippen molar-refractivity contribution in [2.24, 2.45) is 5.73 Å². The monoisotopic (exact) mass is 298 g/mol. The number of amides is 1. The van der Waals surface area contributed by atoms with Gasteiger partial charge in [-0.15, -0.1) is 0 Å². The van der Waals surface area contributed by atoms with Gasteiger partial charge in [0, 0.05) is 4.47 Å². The molecule has 0 spiro atoms. The van der Waals surface area contributed by atoms with Gasteiger partial charge in [-0.2, -0.15) is 0 Å². The zero-order valence-electron chi connectivity index (χ0n) is 9.41. The van der Waals surface area contributed by atoms with Crippen LogP contribution in [0.1, 0.15) is 23.2 Å². The first-order valence-corrected chi connectivity index (χ1v) is 6.43. The second-order valence-electron chi connectivity index (χ2n) is 4.04. The van der Waals surface area contributed by atoms with Gasteiger partial charge >= 0.3 is 0 Å². The normalized spacial score (nSPS) is 16.8. The molecule has 0 aromatic heterocycles. The number of piperidine rings is 1. The number of hydrogen-bond acceptors (Lipinski definition) is 3. The van der Waals surface area contributed by atoms with Gasteiger partial charge in [0.25, 0.3) is 5.91 Å². The van der Waals surface area contributed by atoms with Crippen LogP contribution >= 0.6 is 15.9 Å². The minimum atomic E-state index is -0.471. The Morgan fingerprint density at radius 3 is 2.76 bits per heavy atom. The van der Waals surface area contributed by atoms with E-state index in [2.05, 4.69) is 21.2 Å². The molecular formula is C12H15BrN2O2. The molecule has 0 aliphatic carbocycles. The van der Waals surface area contributed by atoms with Crippen LogP contribution in [0.3, 0.4) is 0 Å². The molecule has 17 heavy (non-hydrogen) atoms. The van der Waals surface area contributed by atoms with E-state index in [0.717, 1.165) is 25.9 Å². The van der Waals surface area contributed by atoms with E-state index in [1.807, 2.05) is 6.07 Å². The van der Waals surface area contributed by atoms with Gasteiger partial charge in [-0.05, 0) is 54.0 Å². The highest BCUT2D eigenvalue weighted by molar-refractivity contribution is 9.10. The number of carbonyl (C=O) groups is 1. The lowest BCUT2D eigenvalue weighted by Crippen LogP contribution is -2.34. The number of carbonyl (C=O) groups excluding carboxylic acids is 1. The van der Waals surface area contributed by atoms with Crippen LogP contribution in [0.5, 0.6) is 5.75 Å². The summed E-state index contributed by atoms with van der Waals surface area (Å²) in [6, 6.07) is 5.41. The largest absolute Gasteiger partial charge is 0.489 e. The topological polar surface area (TPSA) is 64.4 Å². The Kier molecular flexibility index (Phi) is 4.02. The summed E-state index contributed by atoms with van der Waals surface area (Å²) in [6.45, 7) is 1.90. The molecule has 3 N–H and O–H groups in total. The Labute approximate surface area is 109 Å². The maximum Gasteiger partial charge on any atom is 0.253 e. The van der Waals surface area contributed by atoms with Crippen LogP contribution in [-0.4, -0.2) is 25.1 Å². The Bertz CT molecular complexity index is 417. The average molecular weight is 299 g/mol. The predicted molar refractivity (Wildman–Crippen MR) is 69.2 cm³/mol. The Balaban J connectivity index is 2.19. The van der Waals surface area contributed by atoms with Gasteiger partial charge in [-0.3, -0.25) is 4.79 Å². The molecular weight excluding hydrogens is 284 g/mol. The quantitative estimate of drug-likeness (QED) is 0.892.